The Morgan fingerprint density at radius 2 is 2.24 bits per heavy atom. The van der Waals surface area contributed by atoms with Gasteiger partial charge in [-0.15, -0.1) is 0 Å². The van der Waals surface area contributed by atoms with Gasteiger partial charge in [0.05, 0.1) is 5.69 Å². The zero-order valence-corrected chi connectivity index (χ0v) is 11.5. The van der Waals surface area contributed by atoms with Crippen LogP contribution in [-0.4, -0.2) is 35.6 Å². The molecule has 4 heteroatoms. The van der Waals surface area contributed by atoms with E-state index < -0.39 is 0 Å². The molecule has 1 N–H and O–H groups in total. The Balaban J connectivity index is 2.50. The van der Waals surface area contributed by atoms with Crippen LogP contribution in [0.2, 0.25) is 0 Å². The summed E-state index contributed by atoms with van der Waals surface area (Å²) < 4.78 is 7.39. The maximum absolute atomic E-state index is 5.42. The van der Waals surface area contributed by atoms with Crippen molar-refractivity contribution in [3.8, 4) is 0 Å². The summed E-state index contributed by atoms with van der Waals surface area (Å²) in [5.41, 5.74) is 2.37. The Kier molecular flexibility index (Phi) is 6.22. The van der Waals surface area contributed by atoms with E-state index in [1.54, 1.807) is 0 Å². The molecule has 98 valence electrons. The van der Waals surface area contributed by atoms with Crippen LogP contribution in [0.4, 0.5) is 0 Å². The molecule has 0 amide bonds. The van der Waals surface area contributed by atoms with E-state index in [1.807, 2.05) is 25.6 Å². The minimum absolute atomic E-state index is 0.473. The lowest BCUT2D eigenvalue weighted by Crippen LogP contribution is -2.32. The third-order valence-electron chi connectivity index (χ3n) is 2.86. The molecule has 1 rings (SSSR count). The van der Waals surface area contributed by atoms with Crippen molar-refractivity contribution in [2.24, 2.45) is 7.05 Å². The largest absolute Gasteiger partial charge is 0.382 e. The van der Waals surface area contributed by atoms with Crippen LogP contribution in [0.1, 0.15) is 31.7 Å². The van der Waals surface area contributed by atoms with Crippen molar-refractivity contribution in [2.75, 3.05) is 19.8 Å². The fourth-order valence-electron chi connectivity index (χ4n) is 2.04. The van der Waals surface area contributed by atoms with Crippen molar-refractivity contribution in [3.63, 3.8) is 0 Å². The second-order valence-electron chi connectivity index (χ2n) is 4.34. The van der Waals surface area contributed by atoms with Crippen LogP contribution in [0.25, 0.3) is 0 Å². The molecule has 0 aliphatic rings. The van der Waals surface area contributed by atoms with E-state index in [0.717, 1.165) is 38.3 Å². The van der Waals surface area contributed by atoms with Gasteiger partial charge in [0.1, 0.15) is 0 Å². The molecule has 0 aromatic carbocycles. The minimum Gasteiger partial charge on any atom is -0.382 e. The number of likely N-dealkylation sites (N-methyl/N-ethyl adjacent to an activating group) is 1. The summed E-state index contributed by atoms with van der Waals surface area (Å²) >= 11 is 0. The predicted octanol–water partition coefficient (Wildman–Crippen LogP) is 1.68. The average molecular weight is 239 g/mol. The van der Waals surface area contributed by atoms with Gasteiger partial charge in [-0.25, -0.2) is 0 Å². The van der Waals surface area contributed by atoms with Crippen molar-refractivity contribution < 1.29 is 4.74 Å². The van der Waals surface area contributed by atoms with Crippen molar-refractivity contribution in [1.82, 2.24) is 15.1 Å². The van der Waals surface area contributed by atoms with E-state index in [-0.39, 0.29) is 0 Å². The standard InChI is InChI=1S/C13H25N3O/c1-5-14-12(7-8-17-6-2)10-13-9-11(3)15-16(13)4/h9,12,14H,5-8,10H2,1-4H3. The highest BCUT2D eigenvalue weighted by atomic mass is 16.5. The summed E-state index contributed by atoms with van der Waals surface area (Å²) in [6, 6.07) is 2.63. The molecule has 1 aromatic heterocycles. The summed E-state index contributed by atoms with van der Waals surface area (Å²) in [5.74, 6) is 0. The molecule has 0 aliphatic carbocycles. The third-order valence-corrected chi connectivity index (χ3v) is 2.86. The highest BCUT2D eigenvalue weighted by Crippen LogP contribution is 2.07. The highest BCUT2D eigenvalue weighted by Gasteiger charge is 2.11. The molecule has 0 spiro atoms. The van der Waals surface area contributed by atoms with Gasteiger partial charge in [0.2, 0.25) is 0 Å². The third kappa shape index (κ3) is 4.88. The Bertz CT molecular complexity index is 322. The SMILES string of the molecule is CCNC(CCOCC)Cc1cc(C)nn1C. The Labute approximate surface area is 104 Å². The lowest BCUT2D eigenvalue weighted by atomic mass is 10.1. The molecule has 1 heterocycles. The smallest absolute Gasteiger partial charge is 0.0596 e. The number of nitrogens with one attached hydrogen (secondary N) is 1. The zero-order valence-electron chi connectivity index (χ0n) is 11.5. The van der Waals surface area contributed by atoms with E-state index >= 15 is 0 Å². The van der Waals surface area contributed by atoms with Crippen molar-refractivity contribution >= 4 is 0 Å². The van der Waals surface area contributed by atoms with Crippen LogP contribution in [0.15, 0.2) is 6.07 Å². The predicted molar refractivity (Wildman–Crippen MR) is 70.2 cm³/mol. The maximum atomic E-state index is 5.42. The van der Waals surface area contributed by atoms with Gasteiger partial charge in [0, 0.05) is 38.4 Å². The number of rotatable bonds is 8. The Hall–Kier alpha value is -0.870. The normalized spacial score (nSPS) is 12.9. The molecular weight excluding hydrogens is 214 g/mol. The van der Waals surface area contributed by atoms with E-state index in [9.17, 15) is 0 Å². The van der Waals surface area contributed by atoms with E-state index in [2.05, 4.69) is 23.4 Å². The lowest BCUT2D eigenvalue weighted by molar-refractivity contribution is 0.136. The molecule has 1 unspecified atom stereocenters. The molecule has 1 aromatic rings. The quantitative estimate of drug-likeness (QED) is 0.701. The average Bonchev–Trinajstić information content (AvgIpc) is 2.58. The molecule has 0 fully saturated rings. The van der Waals surface area contributed by atoms with Gasteiger partial charge in [-0.05, 0) is 32.9 Å². The first-order valence-corrected chi connectivity index (χ1v) is 6.48. The van der Waals surface area contributed by atoms with Gasteiger partial charge in [0.25, 0.3) is 0 Å². The van der Waals surface area contributed by atoms with Gasteiger partial charge < -0.3 is 10.1 Å². The summed E-state index contributed by atoms with van der Waals surface area (Å²) in [4.78, 5) is 0. The second-order valence-corrected chi connectivity index (χ2v) is 4.34. The summed E-state index contributed by atoms with van der Waals surface area (Å²) in [7, 11) is 2.01. The van der Waals surface area contributed by atoms with Crippen molar-refractivity contribution in [1.29, 1.82) is 0 Å². The molecule has 0 saturated carbocycles. The lowest BCUT2D eigenvalue weighted by Gasteiger charge is -2.17. The van der Waals surface area contributed by atoms with Crippen LogP contribution < -0.4 is 5.32 Å². The minimum atomic E-state index is 0.473. The number of hydrogen-bond donors (Lipinski definition) is 1. The van der Waals surface area contributed by atoms with Gasteiger partial charge in [-0.2, -0.15) is 5.10 Å². The molecule has 17 heavy (non-hydrogen) atoms. The topological polar surface area (TPSA) is 39.1 Å². The van der Waals surface area contributed by atoms with E-state index in [1.165, 1.54) is 5.69 Å². The van der Waals surface area contributed by atoms with Crippen LogP contribution in [0, 0.1) is 6.92 Å². The molecule has 0 saturated heterocycles. The number of hydrogen-bond acceptors (Lipinski definition) is 3. The van der Waals surface area contributed by atoms with Crippen molar-refractivity contribution in [2.45, 2.75) is 39.7 Å². The number of ether oxygens (including phenoxy) is 1. The van der Waals surface area contributed by atoms with Gasteiger partial charge in [-0.3, -0.25) is 4.68 Å². The van der Waals surface area contributed by atoms with Gasteiger partial charge in [0.15, 0.2) is 0 Å². The number of aromatic nitrogens is 2. The molecule has 1 atom stereocenters. The Morgan fingerprint density at radius 1 is 1.47 bits per heavy atom. The number of aryl methyl sites for hydroxylation is 2. The molecule has 0 radical (unpaired) electrons. The summed E-state index contributed by atoms with van der Waals surface area (Å²) in [6.07, 6.45) is 2.06. The van der Waals surface area contributed by atoms with Crippen LogP contribution in [-0.2, 0) is 18.2 Å². The first kappa shape index (κ1) is 14.2. The molecule has 0 bridgehead atoms. The van der Waals surface area contributed by atoms with Gasteiger partial charge in [-0.1, -0.05) is 6.92 Å². The maximum Gasteiger partial charge on any atom is 0.0596 e. The number of nitrogens with zero attached hydrogens (tertiary/aromatic N) is 2. The fourth-order valence-corrected chi connectivity index (χ4v) is 2.04. The summed E-state index contributed by atoms with van der Waals surface area (Å²) in [5, 5.41) is 7.88. The zero-order chi connectivity index (χ0) is 12.7. The van der Waals surface area contributed by atoms with Crippen molar-refractivity contribution in [3.05, 3.63) is 17.5 Å². The summed E-state index contributed by atoms with van der Waals surface area (Å²) in [6.45, 7) is 8.82. The first-order valence-electron chi connectivity index (χ1n) is 6.48. The second kappa shape index (κ2) is 7.45. The monoisotopic (exact) mass is 239 g/mol. The fraction of sp³-hybridized carbons (Fsp3) is 0.769. The van der Waals surface area contributed by atoms with Crippen LogP contribution in [0.3, 0.4) is 0 Å². The highest BCUT2D eigenvalue weighted by molar-refractivity contribution is 5.10. The van der Waals surface area contributed by atoms with Crippen LogP contribution in [0.5, 0.6) is 0 Å². The van der Waals surface area contributed by atoms with E-state index in [0.29, 0.717) is 6.04 Å². The first-order chi connectivity index (χ1) is 8.17. The van der Waals surface area contributed by atoms with Crippen LogP contribution >= 0.6 is 0 Å². The van der Waals surface area contributed by atoms with Gasteiger partial charge >= 0.3 is 0 Å². The molecule has 0 aliphatic heterocycles. The molecule has 4 nitrogen and oxygen atoms in total. The van der Waals surface area contributed by atoms with E-state index in [4.69, 9.17) is 4.74 Å². The molecular formula is C13H25N3O. The Morgan fingerprint density at radius 3 is 2.76 bits per heavy atom.